The number of nitrogens with one attached hydrogen (secondary N) is 1. The van der Waals surface area contributed by atoms with Crippen LogP contribution in [0.15, 0.2) is 30.3 Å². The second kappa shape index (κ2) is 7.66. The van der Waals surface area contributed by atoms with Gasteiger partial charge in [-0.05, 0) is 43.8 Å². The lowest BCUT2D eigenvalue weighted by Gasteiger charge is -2.28. The molecule has 0 amide bonds. The highest BCUT2D eigenvalue weighted by atomic mass is 15.2. The van der Waals surface area contributed by atoms with Crippen LogP contribution in [0, 0.1) is 5.92 Å². The van der Waals surface area contributed by atoms with E-state index in [-0.39, 0.29) is 0 Å². The molecule has 1 aromatic carbocycles. The van der Waals surface area contributed by atoms with E-state index in [2.05, 4.69) is 54.4 Å². The second-order valence-electron chi connectivity index (χ2n) is 5.72. The first kappa shape index (κ1) is 14.5. The zero-order chi connectivity index (χ0) is 13.5. The minimum atomic E-state index is 0.469. The fourth-order valence-electron chi connectivity index (χ4n) is 2.72. The van der Waals surface area contributed by atoms with Crippen LogP contribution in [0.1, 0.15) is 44.7 Å². The van der Waals surface area contributed by atoms with Gasteiger partial charge in [-0.15, -0.1) is 0 Å². The summed E-state index contributed by atoms with van der Waals surface area (Å²) >= 11 is 0. The Balaban J connectivity index is 1.96. The summed E-state index contributed by atoms with van der Waals surface area (Å²) in [6.45, 7) is 9.17. The van der Waals surface area contributed by atoms with Crippen LogP contribution in [0.3, 0.4) is 0 Å². The summed E-state index contributed by atoms with van der Waals surface area (Å²) in [4.78, 5) is 2.65. The summed E-state index contributed by atoms with van der Waals surface area (Å²) in [5.41, 5.74) is 1.42. The SMILES string of the molecule is CCCN(CC1CC1)CC(NCC)c1ccccc1. The first-order valence-electron chi connectivity index (χ1n) is 7.84. The van der Waals surface area contributed by atoms with E-state index in [4.69, 9.17) is 0 Å². The molecular weight excluding hydrogens is 232 g/mol. The topological polar surface area (TPSA) is 15.3 Å². The maximum atomic E-state index is 3.64. The van der Waals surface area contributed by atoms with E-state index in [1.165, 1.54) is 37.9 Å². The van der Waals surface area contributed by atoms with Gasteiger partial charge in [0.1, 0.15) is 0 Å². The summed E-state index contributed by atoms with van der Waals surface area (Å²) in [6.07, 6.45) is 4.13. The molecule has 2 rings (SSSR count). The van der Waals surface area contributed by atoms with Gasteiger partial charge in [-0.1, -0.05) is 44.2 Å². The Morgan fingerprint density at radius 1 is 1.21 bits per heavy atom. The smallest absolute Gasteiger partial charge is 0.0449 e. The summed E-state index contributed by atoms with van der Waals surface area (Å²) in [5.74, 6) is 0.976. The average molecular weight is 260 g/mol. The molecule has 19 heavy (non-hydrogen) atoms. The Bertz CT molecular complexity index is 346. The molecule has 0 radical (unpaired) electrons. The molecule has 0 heterocycles. The standard InChI is InChI=1S/C17H28N2/c1-3-12-19(13-15-10-11-15)14-17(18-4-2)16-8-6-5-7-9-16/h5-9,15,17-18H,3-4,10-14H2,1-2H3. The monoisotopic (exact) mass is 260 g/mol. The zero-order valence-electron chi connectivity index (χ0n) is 12.4. The minimum absolute atomic E-state index is 0.469. The van der Waals surface area contributed by atoms with Gasteiger partial charge in [-0.3, -0.25) is 0 Å². The molecule has 0 saturated heterocycles. The van der Waals surface area contributed by atoms with Gasteiger partial charge in [0.2, 0.25) is 0 Å². The molecule has 1 aromatic rings. The van der Waals surface area contributed by atoms with Crippen molar-refractivity contribution < 1.29 is 0 Å². The molecule has 1 N–H and O–H groups in total. The highest BCUT2D eigenvalue weighted by Gasteiger charge is 2.25. The average Bonchev–Trinajstić information content (AvgIpc) is 3.23. The van der Waals surface area contributed by atoms with Crippen LogP contribution in [-0.4, -0.2) is 31.1 Å². The van der Waals surface area contributed by atoms with Gasteiger partial charge in [0, 0.05) is 19.1 Å². The maximum absolute atomic E-state index is 3.64. The van der Waals surface area contributed by atoms with E-state index >= 15 is 0 Å². The van der Waals surface area contributed by atoms with E-state index < -0.39 is 0 Å². The lowest BCUT2D eigenvalue weighted by molar-refractivity contribution is 0.234. The van der Waals surface area contributed by atoms with E-state index in [0.29, 0.717) is 6.04 Å². The van der Waals surface area contributed by atoms with Gasteiger partial charge >= 0.3 is 0 Å². The molecule has 0 spiro atoms. The number of benzene rings is 1. The fourth-order valence-corrected chi connectivity index (χ4v) is 2.72. The third-order valence-electron chi connectivity index (χ3n) is 3.85. The van der Waals surface area contributed by atoms with Crippen molar-refractivity contribution in [2.24, 2.45) is 5.92 Å². The molecular formula is C17H28N2. The summed E-state index contributed by atoms with van der Waals surface area (Å²) < 4.78 is 0. The predicted octanol–water partition coefficient (Wildman–Crippen LogP) is 3.46. The fraction of sp³-hybridized carbons (Fsp3) is 0.647. The summed E-state index contributed by atoms with van der Waals surface area (Å²) in [6, 6.07) is 11.3. The van der Waals surface area contributed by atoms with E-state index in [0.717, 1.165) is 19.0 Å². The maximum Gasteiger partial charge on any atom is 0.0449 e. The van der Waals surface area contributed by atoms with Crippen molar-refractivity contribution in [3.63, 3.8) is 0 Å². The molecule has 2 heteroatoms. The second-order valence-corrected chi connectivity index (χ2v) is 5.72. The van der Waals surface area contributed by atoms with E-state index in [1.54, 1.807) is 0 Å². The van der Waals surface area contributed by atoms with Gasteiger partial charge in [-0.25, -0.2) is 0 Å². The van der Waals surface area contributed by atoms with Crippen LogP contribution < -0.4 is 5.32 Å². The third kappa shape index (κ3) is 4.96. The third-order valence-corrected chi connectivity index (χ3v) is 3.85. The quantitative estimate of drug-likeness (QED) is 0.731. The molecule has 1 fully saturated rings. The van der Waals surface area contributed by atoms with Crippen LogP contribution in [0.4, 0.5) is 0 Å². The van der Waals surface area contributed by atoms with Crippen LogP contribution >= 0.6 is 0 Å². The number of hydrogen-bond acceptors (Lipinski definition) is 2. The first-order chi connectivity index (χ1) is 9.33. The van der Waals surface area contributed by atoms with Gasteiger partial charge < -0.3 is 10.2 Å². The molecule has 0 bridgehead atoms. The largest absolute Gasteiger partial charge is 0.309 e. The van der Waals surface area contributed by atoms with Crippen LogP contribution in [-0.2, 0) is 0 Å². The number of rotatable bonds is 9. The molecule has 2 nitrogen and oxygen atoms in total. The van der Waals surface area contributed by atoms with E-state index in [9.17, 15) is 0 Å². The van der Waals surface area contributed by atoms with Crippen molar-refractivity contribution in [2.75, 3.05) is 26.2 Å². The molecule has 1 unspecified atom stereocenters. The lowest BCUT2D eigenvalue weighted by atomic mass is 10.1. The Morgan fingerprint density at radius 3 is 2.53 bits per heavy atom. The Kier molecular flexibility index (Phi) is 5.87. The van der Waals surface area contributed by atoms with Crippen molar-refractivity contribution >= 4 is 0 Å². The van der Waals surface area contributed by atoms with Crippen molar-refractivity contribution in [1.29, 1.82) is 0 Å². The highest BCUT2D eigenvalue weighted by molar-refractivity contribution is 5.19. The number of hydrogen-bond donors (Lipinski definition) is 1. The van der Waals surface area contributed by atoms with Gasteiger partial charge in [-0.2, -0.15) is 0 Å². The molecule has 0 aromatic heterocycles. The van der Waals surface area contributed by atoms with Crippen molar-refractivity contribution in [3.05, 3.63) is 35.9 Å². The molecule has 1 aliphatic carbocycles. The highest BCUT2D eigenvalue weighted by Crippen LogP contribution is 2.30. The molecule has 106 valence electrons. The van der Waals surface area contributed by atoms with Crippen molar-refractivity contribution in [3.8, 4) is 0 Å². The van der Waals surface area contributed by atoms with Crippen LogP contribution in [0.5, 0.6) is 0 Å². The lowest BCUT2D eigenvalue weighted by Crippen LogP contribution is -2.36. The Labute approximate surface area is 118 Å². The van der Waals surface area contributed by atoms with Crippen LogP contribution in [0.2, 0.25) is 0 Å². The van der Waals surface area contributed by atoms with Gasteiger partial charge in [0.25, 0.3) is 0 Å². The summed E-state index contributed by atoms with van der Waals surface area (Å²) in [7, 11) is 0. The molecule has 1 aliphatic rings. The predicted molar refractivity (Wildman–Crippen MR) is 82.3 cm³/mol. The Hall–Kier alpha value is -0.860. The summed E-state index contributed by atoms with van der Waals surface area (Å²) in [5, 5.41) is 3.64. The Morgan fingerprint density at radius 2 is 1.95 bits per heavy atom. The number of nitrogens with zero attached hydrogens (tertiary/aromatic N) is 1. The van der Waals surface area contributed by atoms with Crippen molar-refractivity contribution in [2.45, 2.75) is 39.2 Å². The number of likely N-dealkylation sites (N-methyl/N-ethyl adjacent to an activating group) is 1. The van der Waals surface area contributed by atoms with E-state index in [1.807, 2.05) is 0 Å². The first-order valence-corrected chi connectivity index (χ1v) is 7.84. The van der Waals surface area contributed by atoms with Crippen LogP contribution in [0.25, 0.3) is 0 Å². The molecule has 1 atom stereocenters. The zero-order valence-corrected chi connectivity index (χ0v) is 12.4. The molecule has 0 aliphatic heterocycles. The minimum Gasteiger partial charge on any atom is -0.309 e. The normalized spacial score (nSPS) is 16.8. The molecule has 1 saturated carbocycles. The van der Waals surface area contributed by atoms with Gasteiger partial charge in [0.05, 0.1) is 0 Å². The van der Waals surface area contributed by atoms with Gasteiger partial charge in [0.15, 0.2) is 0 Å². The van der Waals surface area contributed by atoms with Crippen molar-refractivity contribution in [1.82, 2.24) is 10.2 Å².